The lowest BCUT2D eigenvalue weighted by atomic mass is 10.00. The standard InChI is InChI=1S/C21H21NO/c1-3-16-9-6-7-15(2)21(16)22-13-19-18-10-5-4-8-17(18)11-12-20(19)23-14-22/h4-12H,3,13-14H2,1-2H3. The second kappa shape index (κ2) is 5.62. The highest BCUT2D eigenvalue weighted by Crippen LogP contribution is 2.36. The SMILES string of the molecule is CCc1cccc(C)c1N1COc2ccc3ccccc3c2C1. The smallest absolute Gasteiger partial charge is 0.161 e. The zero-order valence-electron chi connectivity index (χ0n) is 13.7. The van der Waals surface area contributed by atoms with Gasteiger partial charge in [-0.2, -0.15) is 0 Å². The highest BCUT2D eigenvalue weighted by Gasteiger charge is 2.22. The Hall–Kier alpha value is -2.48. The van der Waals surface area contributed by atoms with E-state index in [1.165, 1.54) is 33.2 Å². The molecule has 4 rings (SSSR count). The van der Waals surface area contributed by atoms with Gasteiger partial charge in [0.25, 0.3) is 0 Å². The number of hydrogen-bond acceptors (Lipinski definition) is 2. The number of aryl methyl sites for hydroxylation is 2. The van der Waals surface area contributed by atoms with Crippen LogP contribution in [0.4, 0.5) is 5.69 Å². The Morgan fingerprint density at radius 2 is 1.87 bits per heavy atom. The molecule has 0 atom stereocenters. The molecule has 0 aromatic heterocycles. The molecule has 3 aromatic rings. The van der Waals surface area contributed by atoms with E-state index in [4.69, 9.17) is 4.74 Å². The molecule has 23 heavy (non-hydrogen) atoms. The molecule has 0 saturated heterocycles. The van der Waals surface area contributed by atoms with Crippen molar-refractivity contribution >= 4 is 16.5 Å². The lowest BCUT2D eigenvalue weighted by Gasteiger charge is -2.34. The minimum Gasteiger partial charge on any atom is -0.473 e. The first-order chi connectivity index (χ1) is 11.3. The third-order valence-electron chi connectivity index (χ3n) is 4.74. The van der Waals surface area contributed by atoms with Crippen LogP contribution in [0.25, 0.3) is 10.8 Å². The van der Waals surface area contributed by atoms with E-state index in [0.29, 0.717) is 6.73 Å². The Morgan fingerprint density at radius 1 is 1.00 bits per heavy atom. The maximum Gasteiger partial charge on any atom is 0.161 e. The summed E-state index contributed by atoms with van der Waals surface area (Å²) in [6, 6.07) is 19.4. The quantitative estimate of drug-likeness (QED) is 0.655. The second-order valence-corrected chi connectivity index (χ2v) is 6.17. The van der Waals surface area contributed by atoms with Gasteiger partial charge in [-0.15, -0.1) is 0 Å². The molecule has 1 heterocycles. The van der Waals surface area contributed by atoms with Crippen LogP contribution in [0.2, 0.25) is 0 Å². The number of hydrogen-bond donors (Lipinski definition) is 0. The van der Waals surface area contributed by atoms with E-state index in [0.717, 1.165) is 18.7 Å². The van der Waals surface area contributed by atoms with Crippen molar-refractivity contribution in [1.82, 2.24) is 0 Å². The van der Waals surface area contributed by atoms with Crippen LogP contribution in [0.5, 0.6) is 5.75 Å². The molecule has 0 fully saturated rings. The molecule has 2 nitrogen and oxygen atoms in total. The van der Waals surface area contributed by atoms with Gasteiger partial charge in [0.1, 0.15) is 5.75 Å². The van der Waals surface area contributed by atoms with Gasteiger partial charge in [-0.1, -0.05) is 55.5 Å². The number of nitrogens with zero attached hydrogens (tertiary/aromatic N) is 1. The monoisotopic (exact) mass is 303 g/mol. The van der Waals surface area contributed by atoms with E-state index in [-0.39, 0.29) is 0 Å². The Kier molecular flexibility index (Phi) is 3.45. The van der Waals surface area contributed by atoms with Crippen molar-refractivity contribution in [2.45, 2.75) is 26.8 Å². The van der Waals surface area contributed by atoms with Crippen LogP contribution in [0.1, 0.15) is 23.6 Å². The number of benzene rings is 3. The normalized spacial score (nSPS) is 13.7. The lowest BCUT2D eigenvalue weighted by molar-refractivity contribution is 0.290. The minimum absolute atomic E-state index is 0.614. The fourth-order valence-corrected chi connectivity index (χ4v) is 3.60. The molecule has 0 unspecified atom stereocenters. The number of rotatable bonds is 2. The summed E-state index contributed by atoms with van der Waals surface area (Å²) in [5.41, 5.74) is 5.32. The molecule has 0 spiro atoms. The highest BCUT2D eigenvalue weighted by molar-refractivity contribution is 5.88. The fourth-order valence-electron chi connectivity index (χ4n) is 3.60. The third kappa shape index (κ3) is 2.35. The van der Waals surface area contributed by atoms with Crippen molar-refractivity contribution in [3.05, 3.63) is 71.3 Å². The number of ether oxygens (including phenoxy) is 1. The van der Waals surface area contributed by atoms with Crippen molar-refractivity contribution in [2.24, 2.45) is 0 Å². The predicted octanol–water partition coefficient (Wildman–Crippen LogP) is 5.07. The first-order valence-corrected chi connectivity index (χ1v) is 8.25. The molecular weight excluding hydrogens is 282 g/mol. The summed E-state index contributed by atoms with van der Waals surface area (Å²) >= 11 is 0. The number of para-hydroxylation sites is 1. The summed E-state index contributed by atoms with van der Waals surface area (Å²) in [4.78, 5) is 2.36. The predicted molar refractivity (Wildman–Crippen MR) is 96.2 cm³/mol. The van der Waals surface area contributed by atoms with Gasteiger partial charge in [-0.3, -0.25) is 0 Å². The Bertz CT molecular complexity index is 869. The van der Waals surface area contributed by atoms with Gasteiger partial charge in [0.15, 0.2) is 6.73 Å². The van der Waals surface area contributed by atoms with Gasteiger partial charge in [-0.25, -0.2) is 0 Å². The van der Waals surface area contributed by atoms with Crippen molar-refractivity contribution in [1.29, 1.82) is 0 Å². The van der Waals surface area contributed by atoms with E-state index in [9.17, 15) is 0 Å². The van der Waals surface area contributed by atoms with Crippen LogP contribution in [0.3, 0.4) is 0 Å². The Morgan fingerprint density at radius 3 is 2.74 bits per heavy atom. The fraction of sp³-hybridized carbons (Fsp3) is 0.238. The average molecular weight is 303 g/mol. The van der Waals surface area contributed by atoms with Crippen LogP contribution in [-0.2, 0) is 13.0 Å². The molecule has 0 bridgehead atoms. The summed E-state index contributed by atoms with van der Waals surface area (Å²) in [5, 5.41) is 2.57. The summed E-state index contributed by atoms with van der Waals surface area (Å²) in [6.07, 6.45) is 1.04. The number of fused-ring (bicyclic) bond motifs is 3. The van der Waals surface area contributed by atoms with Crippen molar-refractivity contribution in [3.8, 4) is 5.75 Å². The van der Waals surface area contributed by atoms with E-state index < -0.39 is 0 Å². The molecule has 2 heteroatoms. The third-order valence-corrected chi connectivity index (χ3v) is 4.74. The maximum atomic E-state index is 6.08. The van der Waals surface area contributed by atoms with Crippen LogP contribution in [0.15, 0.2) is 54.6 Å². The summed E-state index contributed by atoms with van der Waals surface area (Å²) < 4.78 is 6.08. The topological polar surface area (TPSA) is 12.5 Å². The van der Waals surface area contributed by atoms with Gasteiger partial charge >= 0.3 is 0 Å². The van der Waals surface area contributed by atoms with Gasteiger partial charge < -0.3 is 9.64 Å². The molecule has 0 amide bonds. The van der Waals surface area contributed by atoms with E-state index in [1.807, 2.05) is 0 Å². The van der Waals surface area contributed by atoms with Gasteiger partial charge in [0.2, 0.25) is 0 Å². The van der Waals surface area contributed by atoms with Crippen LogP contribution in [0, 0.1) is 6.92 Å². The highest BCUT2D eigenvalue weighted by atomic mass is 16.5. The Balaban J connectivity index is 1.81. The van der Waals surface area contributed by atoms with Crippen LogP contribution >= 0.6 is 0 Å². The molecule has 0 radical (unpaired) electrons. The molecule has 0 N–H and O–H groups in total. The number of anilines is 1. The maximum absolute atomic E-state index is 6.08. The summed E-state index contributed by atoms with van der Waals surface area (Å²) in [6.45, 7) is 5.91. The Labute approximate surface area is 137 Å². The largest absolute Gasteiger partial charge is 0.473 e. The van der Waals surface area contributed by atoms with Gasteiger partial charge in [0, 0.05) is 11.3 Å². The van der Waals surface area contributed by atoms with Gasteiger partial charge in [-0.05, 0) is 41.3 Å². The summed E-state index contributed by atoms with van der Waals surface area (Å²) in [5.74, 6) is 1.02. The molecule has 116 valence electrons. The molecular formula is C21H21NO. The molecule has 1 aliphatic heterocycles. The zero-order chi connectivity index (χ0) is 15.8. The van der Waals surface area contributed by atoms with Crippen molar-refractivity contribution < 1.29 is 4.74 Å². The van der Waals surface area contributed by atoms with E-state index in [1.54, 1.807) is 0 Å². The van der Waals surface area contributed by atoms with E-state index in [2.05, 4.69) is 73.3 Å². The lowest BCUT2D eigenvalue weighted by Crippen LogP contribution is -2.33. The second-order valence-electron chi connectivity index (χ2n) is 6.17. The molecule has 3 aromatic carbocycles. The minimum atomic E-state index is 0.614. The molecule has 0 saturated carbocycles. The molecule has 1 aliphatic rings. The zero-order valence-corrected chi connectivity index (χ0v) is 13.7. The van der Waals surface area contributed by atoms with Gasteiger partial charge in [0.05, 0.1) is 6.54 Å². The average Bonchev–Trinajstić information content (AvgIpc) is 2.61. The van der Waals surface area contributed by atoms with Crippen molar-refractivity contribution in [3.63, 3.8) is 0 Å². The molecule has 0 aliphatic carbocycles. The first kappa shape index (κ1) is 14.1. The van der Waals surface area contributed by atoms with E-state index >= 15 is 0 Å². The van der Waals surface area contributed by atoms with Crippen LogP contribution < -0.4 is 9.64 Å². The summed E-state index contributed by atoms with van der Waals surface area (Å²) in [7, 11) is 0. The first-order valence-electron chi connectivity index (χ1n) is 8.25. The van der Waals surface area contributed by atoms with Crippen molar-refractivity contribution in [2.75, 3.05) is 11.6 Å². The van der Waals surface area contributed by atoms with Crippen LogP contribution in [-0.4, -0.2) is 6.73 Å².